The number of anilines is 1. The van der Waals surface area contributed by atoms with Crippen molar-refractivity contribution >= 4 is 17.7 Å². The minimum absolute atomic E-state index is 0.661. The molecule has 0 aliphatic heterocycles. The van der Waals surface area contributed by atoms with Crippen molar-refractivity contribution in [3.63, 3.8) is 0 Å². The van der Waals surface area contributed by atoms with E-state index in [1.165, 1.54) is 18.1 Å². The second-order valence-corrected chi connectivity index (χ2v) is 3.53. The summed E-state index contributed by atoms with van der Waals surface area (Å²) in [5.41, 5.74) is 0. The maximum atomic E-state index is 4.30. The molecule has 0 N–H and O–H groups in total. The Balaban J connectivity index is 2.88. The van der Waals surface area contributed by atoms with E-state index >= 15 is 0 Å². The molecule has 5 heteroatoms. The van der Waals surface area contributed by atoms with E-state index in [1.54, 1.807) is 0 Å². The van der Waals surface area contributed by atoms with Gasteiger partial charge in [-0.2, -0.15) is 4.98 Å². The lowest BCUT2D eigenvalue weighted by Crippen LogP contribution is -2.25. The van der Waals surface area contributed by atoms with Crippen molar-refractivity contribution in [1.29, 1.82) is 0 Å². The summed E-state index contributed by atoms with van der Waals surface area (Å²) < 4.78 is 0. The van der Waals surface area contributed by atoms with Gasteiger partial charge in [0.25, 0.3) is 0 Å². The highest BCUT2D eigenvalue weighted by Crippen LogP contribution is 2.11. The molecule has 0 aliphatic carbocycles. The molecule has 0 amide bonds. The first-order valence-corrected chi connectivity index (χ1v) is 5.74. The van der Waals surface area contributed by atoms with E-state index in [9.17, 15) is 0 Å². The van der Waals surface area contributed by atoms with Gasteiger partial charge in [-0.05, 0) is 6.26 Å². The van der Waals surface area contributed by atoms with Gasteiger partial charge in [-0.1, -0.05) is 23.9 Å². The molecule has 1 heterocycles. The molecule has 0 aromatic carbocycles. The lowest BCUT2D eigenvalue weighted by atomic mass is 10.5. The van der Waals surface area contributed by atoms with Crippen molar-refractivity contribution in [3.05, 3.63) is 31.6 Å². The normalized spacial score (nSPS) is 9.67. The zero-order valence-electron chi connectivity index (χ0n) is 8.76. The van der Waals surface area contributed by atoms with Crippen LogP contribution in [0.3, 0.4) is 0 Å². The Hall–Kier alpha value is -1.36. The monoisotopic (exact) mass is 222 g/mol. The number of thioether (sulfide) groups is 1. The molecule has 0 unspecified atom stereocenters. The molecule has 0 atom stereocenters. The van der Waals surface area contributed by atoms with E-state index in [0.717, 1.165) is 5.16 Å². The molecule has 0 spiro atoms. The second kappa shape index (κ2) is 6.19. The number of hydrogen-bond donors (Lipinski definition) is 0. The number of nitrogens with zero attached hydrogens (tertiary/aromatic N) is 4. The predicted octanol–water partition coefficient (Wildman–Crippen LogP) is 1.77. The Bertz CT molecular complexity index is 330. The van der Waals surface area contributed by atoms with Crippen molar-refractivity contribution in [3.8, 4) is 0 Å². The highest BCUT2D eigenvalue weighted by Gasteiger charge is 2.06. The molecule has 15 heavy (non-hydrogen) atoms. The van der Waals surface area contributed by atoms with Crippen LogP contribution < -0.4 is 4.90 Å². The summed E-state index contributed by atoms with van der Waals surface area (Å²) in [6, 6.07) is 0. The third-order valence-electron chi connectivity index (χ3n) is 1.70. The zero-order valence-corrected chi connectivity index (χ0v) is 9.57. The smallest absolute Gasteiger partial charge is 0.229 e. The van der Waals surface area contributed by atoms with Crippen molar-refractivity contribution in [2.75, 3.05) is 24.2 Å². The largest absolute Gasteiger partial charge is 0.333 e. The fraction of sp³-hybridized carbons (Fsp3) is 0.300. The number of hydrogen-bond acceptors (Lipinski definition) is 5. The van der Waals surface area contributed by atoms with E-state index < -0.39 is 0 Å². The van der Waals surface area contributed by atoms with Crippen molar-refractivity contribution in [2.24, 2.45) is 0 Å². The topological polar surface area (TPSA) is 41.9 Å². The Morgan fingerprint density at radius 1 is 1.33 bits per heavy atom. The van der Waals surface area contributed by atoms with Gasteiger partial charge >= 0.3 is 0 Å². The molecule has 1 rings (SSSR count). The molecule has 0 bridgehead atoms. The predicted molar refractivity (Wildman–Crippen MR) is 64.2 cm³/mol. The number of rotatable bonds is 6. The van der Waals surface area contributed by atoms with E-state index in [-0.39, 0.29) is 0 Å². The quantitative estimate of drug-likeness (QED) is 0.542. The van der Waals surface area contributed by atoms with Crippen LogP contribution in [0.2, 0.25) is 0 Å². The fourth-order valence-electron chi connectivity index (χ4n) is 1.07. The second-order valence-electron chi connectivity index (χ2n) is 2.75. The first kappa shape index (κ1) is 11.7. The van der Waals surface area contributed by atoms with Gasteiger partial charge in [-0.15, -0.1) is 13.2 Å². The van der Waals surface area contributed by atoms with Crippen molar-refractivity contribution < 1.29 is 0 Å². The van der Waals surface area contributed by atoms with Crippen LogP contribution in [0.5, 0.6) is 0 Å². The molecule has 4 nitrogen and oxygen atoms in total. The molecule has 0 saturated carbocycles. The average Bonchev–Trinajstić information content (AvgIpc) is 2.29. The van der Waals surface area contributed by atoms with Crippen LogP contribution in [0.4, 0.5) is 5.95 Å². The first-order chi connectivity index (χ1) is 7.31. The van der Waals surface area contributed by atoms with Gasteiger partial charge in [0, 0.05) is 13.1 Å². The third-order valence-corrected chi connectivity index (χ3v) is 2.26. The average molecular weight is 222 g/mol. The molecule has 1 aromatic heterocycles. The minimum Gasteiger partial charge on any atom is -0.333 e. The fourth-order valence-corrected chi connectivity index (χ4v) is 1.40. The van der Waals surface area contributed by atoms with Gasteiger partial charge < -0.3 is 4.90 Å². The Morgan fingerprint density at radius 2 is 2.00 bits per heavy atom. The Labute approximate surface area is 94.1 Å². The minimum atomic E-state index is 0.661. The van der Waals surface area contributed by atoms with Gasteiger partial charge in [0.2, 0.25) is 5.95 Å². The van der Waals surface area contributed by atoms with Crippen LogP contribution in [0.1, 0.15) is 0 Å². The first-order valence-electron chi connectivity index (χ1n) is 4.51. The highest BCUT2D eigenvalue weighted by molar-refractivity contribution is 7.98. The summed E-state index contributed by atoms with van der Waals surface area (Å²) in [6.45, 7) is 8.79. The zero-order chi connectivity index (χ0) is 11.1. The summed E-state index contributed by atoms with van der Waals surface area (Å²) in [4.78, 5) is 14.4. The van der Waals surface area contributed by atoms with Gasteiger partial charge in [0.1, 0.15) is 6.33 Å². The van der Waals surface area contributed by atoms with E-state index in [1.807, 2.05) is 23.3 Å². The number of aromatic nitrogens is 3. The van der Waals surface area contributed by atoms with Crippen LogP contribution in [0, 0.1) is 0 Å². The van der Waals surface area contributed by atoms with Gasteiger partial charge in [-0.25, -0.2) is 9.97 Å². The van der Waals surface area contributed by atoms with E-state index in [4.69, 9.17) is 0 Å². The molecular weight excluding hydrogens is 208 g/mol. The van der Waals surface area contributed by atoms with Gasteiger partial charge in [0.05, 0.1) is 0 Å². The lowest BCUT2D eigenvalue weighted by Gasteiger charge is -2.18. The Morgan fingerprint density at radius 3 is 2.53 bits per heavy atom. The van der Waals surface area contributed by atoms with Crippen molar-refractivity contribution in [2.45, 2.75) is 5.16 Å². The van der Waals surface area contributed by atoms with Crippen LogP contribution in [-0.4, -0.2) is 34.3 Å². The van der Waals surface area contributed by atoms with Gasteiger partial charge in [-0.3, -0.25) is 0 Å². The molecular formula is C10H14N4S. The molecule has 80 valence electrons. The summed E-state index contributed by atoms with van der Waals surface area (Å²) in [5, 5.41) is 0.720. The molecule has 0 radical (unpaired) electrons. The molecule has 0 saturated heterocycles. The van der Waals surface area contributed by atoms with Crippen LogP contribution in [0.15, 0.2) is 36.8 Å². The van der Waals surface area contributed by atoms with Crippen molar-refractivity contribution in [1.82, 2.24) is 15.0 Å². The Kier molecular flexibility index (Phi) is 4.83. The summed E-state index contributed by atoms with van der Waals surface area (Å²) in [5.74, 6) is 0.661. The van der Waals surface area contributed by atoms with E-state index in [2.05, 4.69) is 28.1 Å². The van der Waals surface area contributed by atoms with Gasteiger partial charge in [0.15, 0.2) is 5.16 Å². The third kappa shape index (κ3) is 3.36. The standard InChI is InChI=1S/C10H14N4S/c1-4-6-14(7-5-2)9-11-8-12-10(13-9)15-3/h4-5,8H,1-2,6-7H2,3H3. The highest BCUT2D eigenvalue weighted by atomic mass is 32.2. The van der Waals surface area contributed by atoms with Crippen LogP contribution in [-0.2, 0) is 0 Å². The maximum absolute atomic E-state index is 4.30. The summed E-state index contributed by atoms with van der Waals surface area (Å²) in [6.07, 6.45) is 7.08. The van der Waals surface area contributed by atoms with Crippen LogP contribution in [0.25, 0.3) is 0 Å². The van der Waals surface area contributed by atoms with E-state index in [0.29, 0.717) is 19.0 Å². The molecule has 0 fully saturated rings. The SMILES string of the molecule is C=CCN(CC=C)c1ncnc(SC)n1. The summed E-state index contributed by atoms with van der Waals surface area (Å²) >= 11 is 1.50. The lowest BCUT2D eigenvalue weighted by molar-refractivity contribution is 0.822. The molecule has 0 aliphatic rings. The summed E-state index contributed by atoms with van der Waals surface area (Å²) in [7, 11) is 0. The molecule has 1 aromatic rings. The van der Waals surface area contributed by atoms with Crippen LogP contribution >= 0.6 is 11.8 Å². The maximum Gasteiger partial charge on any atom is 0.229 e.